The molecular formula is C16H26N4O2. The third-order valence-electron chi connectivity index (χ3n) is 4.54. The summed E-state index contributed by atoms with van der Waals surface area (Å²) in [6.45, 7) is 9.16. The van der Waals surface area contributed by atoms with Gasteiger partial charge in [0.1, 0.15) is 0 Å². The van der Waals surface area contributed by atoms with E-state index in [-0.39, 0.29) is 24.1 Å². The molecule has 1 aromatic rings. The second kappa shape index (κ2) is 7.05. The van der Waals surface area contributed by atoms with Gasteiger partial charge in [-0.15, -0.1) is 0 Å². The minimum atomic E-state index is -0.229. The van der Waals surface area contributed by atoms with Crippen LogP contribution in [0, 0.1) is 13.8 Å². The number of amides is 1. The quantitative estimate of drug-likeness (QED) is 0.878. The lowest BCUT2D eigenvalue weighted by molar-refractivity contribution is -0.128. The van der Waals surface area contributed by atoms with Gasteiger partial charge >= 0.3 is 0 Å². The van der Waals surface area contributed by atoms with Crippen molar-refractivity contribution in [1.29, 1.82) is 0 Å². The molecule has 1 aliphatic heterocycles. The minimum Gasteiger partial charge on any atom is -0.350 e. The summed E-state index contributed by atoms with van der Waals surface area (Å²) in [4.78, 5) is 26.6. The average molecular weight is 306 g/mol. The topological polar surface area (TPSA) is 78.1 Å². The Morgan fingerprint density at radius 1 is 1.41 bits per heavy atom. The van der Waals surface area contributed by atoms with Crippen LogP contribution >= 0.6 is 0 Å². The zero-order valence-electron chi connectivity index (χ0n) is 13.9. The van der Waals surface area contributed by atoms with Crippen LogP contribution in [0.25, 0.3) is 0 Å². The standard InChI is InChI=1S/C16H26N4O2/c1-10(2)20-8-6-5-7-14(20)16(22)17-9-13-11(3)12(4)18-19-15(13)21/h10,14H,5-9H2,1-4H3,(H,17,22)(H,19,21)/t14-/m1/s1. The van der Waals surface area contributed by atoms with Gasteiger partial charge in [-0.2, -0.15) is 5.10 Å². The number of aryl methyl sites for hydroxylation is 1. The molecule has 2 N–H and O–H groups in total. The number of hydrogen-bond donors (Lipinski definition) is 2. The van der Waals surface area contributed by atoms with E-state index in [2.05, 4.69) is 34.3 Å². The van der Waals surface area contributed by atoms with Gasteiger partial charge in [-0.25, -0.2) is 5.10 Å². The molecule has 0 radical (unpaired) electrons. The Hall–Kier alpha value is -1.69. The molecule has 0 spiro atoms. The van der Waals surface area contributed by atoms with E-state index in [4.69, 9.17) is 0 Å². The summed E-state index contributed by atoms with van der Waals surface area (Å²) >= 11 is 0. The zero-order chi connectivity index (χ0) is 16.3. The van der Waals surface area contributed by atoms with Crippen LogP contribution in [0.15, 0.2) is 4.79 Å². The van der Waals surface area contributed by atoms with Crippen LogP contribution in [-0.2, 0) is 11.3 Å². The molecule has 1 fully saturated rings. The molecule has 2 rings (SSSR count). The third kappa shape index (κ3) is 3.55. The van der Waals surface area contributed by atoms with E-state index in [9.17, 15) is 9.59 Å². The summed E-state index contributed by atoms with van der Waals surface area (Å²) in [6, 6.07) is 0.264. The fraction of sp³-hybridized carbons (Fsp3) is 0.688. The first kappa shape index (κ1) is 16.7. The highest BCUT2D eigenvalue weighted by Crippen LogP contribution is 2.19. The zero-order valence-corrected chi connectivity index (χ0v) is 13.9. The van der Waals surface area contributed by atoms with Crippen LogP contribution in [0.5, 0.6) is 0 Å². The summed E-state index contributed by atoms with van der Waals surface area (Å²) in [5.41, 5.74) is 1.99. The van der Waals surface area contributed by atoms with Crippen molar-refractivity contribution >= 4 is 5.91 Å². The molecule has 1 saturated heterocycles. The lowest BCUT2D eigenvalue weighted by atomic mass is 9.99. The van der Waals surface area contributed by atoms with Gasteiger partial charge in [0.25, 0.3) is 5.56 Å². The van der Waals surface area contributed by atoms with Gasteiger partial charge in [0.15, 0.2) is 0 Å². The molecule has 1 aromatic heterocycles. The highest BCUT2D eigenvalue weighted by molar-refractivity contribution is 5.81. The molecular weight excluding hydrogens is 280 g/mol. The molecule has 122 valence electrons. The lowest BCUT2D eigenvalue weighted by Crippen LogP contribution is -2.52. The van der Waals surface area contributed by atoms with Crippen molar-refractivity contribution in [3.63, 3.8) is 0 Å². The highest BCUT2D eigenvalue weighted by atomic mass is 16.2. The van der Waals surface area contributed by atoms with Crippen LogP contribution in [0.1, 0.15) is 49.9 Å². The second-order valence-corrected chi connectivity index (χ2v) is 6.30. The maximum atomic E-state index is 12.5. The molecule has 1 aliphatic rings. The Labute approximate surface area is 131 Å². The molecule has 2 heterocycles. The number of aromatic amines is 1. The van der Waals surface area contributed by atoms with Crippen LogP contribution in [-0.4, -0.2) is 39.6 Å². The maximum Gasteiger partial charge on any atom is 0.269 e. The Balaban J connectivity index is 2.06. The number of carbonyl (C=O) groups excluding carboxylic acids is 1. The Kier molecular flexibility index (Phi) is 5.34. The molecule has 0 aromatic carbocycles. The molecule has 0 saturated carbocycles. The van der Waals surface area contributed by atoms with Gasteiger partial charge in [-0.1, -0.05) is 6.42 Å². The first-order valence-corrected chi connectivity index (χ1v) is 8.00. The molecule has 0 bridgehead atoms. The van der Waals surface area contributed by atoms with E-state index in [0.29, 0.717) is 11.6 Å². The van der Waals surface area contributed by atoms with Gasteiger partial charge in [0, 0.05) is 18.2 Å². The van der Waals surface area contributed by atoms with Crippen molar-refractivity contribution in [3.05, 3.63) is 27.2 Å². The number of likely N-dealkylation sites (tertiary alicyclic amines) is 1. The van der Waals surface area contributed by atoms with E-state index in [1.54, 1.807) is 0 Å². The van der Waals surface area contributed by atoms with Gasteiger partial charge in [0.05, 0.1) is 11.7 Å². The molecule has 6 nitrogen and oxygen atoms in total. The molecule has 1 amide bonds. The van der Waals surface area contributed by atoms with Crippen molar-refractivity contribution in [1.82, 2.24) is 20.4 Å². The fourth-order valence-electron chi connectivity index (χ4n) is 3.03. The Bertz CT molecular complexity index is 594. The van der Waals surface area contributed by atoms with Gasteiger partial charge < -0.3 is 5.32 Å². The second-order valence-electron chi connectivity index (χ2n) is 6.30. The number of nitrogens with zero attached hydrogens (tertiary/aromatic N) is 2. The number of nitrogens with one attached hydrogen (secondary N) is 2. The van der Waals surface area contributed by atoms with Gasteiger partial charge in [-0.3, -0.25) is 14.5 Å². The minimum absolute atomic E-state index is 0.0154. The summed E-state index contributed by atoms with van der Waals surface area (Å²) in [7, 11) is 0. The molecule has 1 atom stereocenters. The maximum absolute atomic E-state index is 12.5. The van der Waals surface area contributed by atoms with Crippen LogP contribution in [0.4, 0.5) is 0 Å². The molecule has 6 heteroatoms. The largest absolute Gasteiger partial charge is 0.350 e. The van der Waals surface area contributed by atoms with E-state index in [0.717, 1.165) is 37.1 Å². The van der Waals surface area contributed by atoms with E-state index in [1.807, 2.05) is 13.8 Å². The van der Waals surface area contributed by atoms with Crippen molar-refractivity contribution in [2.75, 3.05) is 6.54 Å². The van der Waals surface area contributed by atoms with Crippen molar-refractivity contribution in [2.45, 2.75) is 65.6 Å². The van der Waals surface area contributed by atoms with Crippen LogP contribution in [0.3, 0.4) is 0 Å². The van der Waals surface area contributed by atoms with Crippen LogP contribution < -0.4 is 10.9 Å². The monoisotopic (exact) mass is 306 g/mol. The molecule has 22 heavy (non-hydrogen) atoms. The normalized spacial score (nSPS) is 19.4. The number of aromatic nitrogens is 2. The highest BCUT2D eigenvalue weighted by Gasteiger charge is 2.30. The third-order valence-corrected chi connectivity index (χ3v) is 4.54. The average Bonchev–Trinajstić information content (AvgIpc) is 2.50. The summed E-state index contributed by atoms with van der Waals surface area (Å²) < 4.78 is 0. The van der Waals surface area contributed by atoms with Crippen molar-refractivity contribution in [2.24, 2.45) is 0 Å². The van der Waals surface area contributed by atoms with Crippen molar-refractivity contribution in [3.8, 4) is 0 Å². The summed E-state index contributed by atoms with van der Waals surface area (Å²) in [5, 5.41) is 9.34. The summed E-state index contributed by atoms with van der Waals surface area (Å²) in [6.07, 6.45) is 3.11. The summed E-state index contributed by atoms with van der Waals surface area (Å²) in [5.74, 6) is 0.0154. The predicted molar refractivity (Wildman–Crippen MR) is 85.7 cm³/mol. The molecule has 0 aliphatic carbocycles. The Morgan fingerprint density at radius 2 is 2.14 bits per heavy atom. The smallest absolute Gasteiger partial charge is 0.269 e. The van der Waals surface area contributed by atoms with Crippen molar-refractivity contribution < 1.29 is 4.79 Å². The number of hydrogen-bond acceptors (Lipinski definition) is 4. The van der Waals surface area contributed by atoms with Gasteiger partial charge in [0.2, 0.25) is 5.91 Å². The SMILES string of the molecule is Cc1n[nH]c(=O)c(CNC(=O)[C@H]2CCCCN2C(C)C)c1C. The van der Waals surface area contributed by atoms with Gasteiger partial charge in [-0.05, 0) is 52.6 Å². The first-order chi connectivity index (χ1) is 10.4. The lowest BCUT2D eigenvalue weighted by Gasteiger charge is -2.37. The number of piperidine rings is 1. The van der Waals surface area contributed by atoms with E-state index in [1.165, 1.54) is 0 Å². The molecule has 0 unspecified atom stereocenters. The number of H-pyrrole nitrogens is 1. The fourth-order valence-corrected chi connectivity index (χ4v) is 3.03. The Morgan fingerprint density at radius 3 is 2.82 bits per heavy atom. The number of rotatable bonds is 4. The predicted octanol–water partition coefficient (Wildman–Crippen LogP) is 1.27. The van der Waals surface area contributed by atoms with E-state index >= 15 is 0 Å². The van der Waals surface area contributed by atoms with Crippen LogP contribution in [0.2, 0.25) is 0 Å². The number of carbonyl (C=O) groups is 1. The van der Waals surface area contributed by atoms with E-state index < -0.39 is 0 Å². The first-order valence-electron chi connectivity index (χ1n) is 8.00.